The molecule has 0 radical (unpaired) electrons. The minimum atomic E-state index is -0.0421. The third-order valence-electron chi connectivity index (χ3n) is 2.64. The van der Waals surface area contributed by atoms with Crippen LogP contribution in [0.5, 0.6) is 0 Å². The van der Waals surface area contributed by atoms with Crippen molar-refractivity contribution in [2.45, 2.75) is 19.4 Å². The maximum atomic E-state index is 5.95. The van der Waals surface area contributed by atoms with Crippen LogP contribution < -0.4 is 5.73 Å². The number of hydrogen-bond donors (Lipinski definition) is 1. The monoisotopic (exact) mass is 313 g/mol. The molecule has 1 unspecified atom stereocenters. The summed E-state index contributed by atoms with van der Waals surface area (Å²) < 4.78 is 6.58. The molecule has 0 saturated carbocycles. The Hall–Kier alpha value is -0.770. The molecule has 0 aliphatic heterocycles. The average molecular weight is 315 g/mol. The van der Waals surface area contributed by atoms with Crippen molar-refractivity contribution in [1.29, 1.82) is 0 Å². The van der Waals surface area contributed by atoms with Crippen LogP contribution >= 0.6 is 27.5 Å². The van der Waals surface area contributed by atoms with E-state index in [1.54, 1.807) is 0 Å². The van der Waals surface area contributed by atoms with Crippen LogP contribution in [-0.2, 0) is 0 Å². The van der Waals surface area contributed by atoms with Crippen molar-refractivity contribution in [3.05, 3.63) is 45.6 Å². The van der Waals surface area contributed by atoms with Crippen LogP contribution in [0.3, 0.4) is 0 Å². The number of halogens is 2. The first-order valence-corrected chi connectivity index (χ1v) is 6.59. The highest BCUT2D eigenvalue weighted by Crippen LogP contribution is 2.31. The third kappa shape index (κ3) is 2.73. The van der Waals surface area contributed by atoms with Crippen LogP contribution in [0.4, 0.5) is 0 Å². The summed E-state index contributed by atoms with van der Waals surface area (Å²) in [6.07, 6.45) is 0.858. The minimum absolute atomic E-state index is 0.0421. The van der Waals surface area contributed by atoms with E-state index in [1.807, 2.05) is 37.3 Å². The van der Waals surface area contributed by atoms with Gasteiger partial charge in [-0.1, -0.05) is 18.5 Å². The second kappa shape index (κ2) is 5.25. The van der Waals surface area contributed by atoms with Crippen LogP contribution in [-0.4, -0.2) is 0 Å². The summed E-state index contributed by atoms with van der Waals surface area (Å²) in [7, 11) is 0. The first kappa shape index (κ1) is 12.7. The molecule has 2 N–H and O–H groups in total. The van der Waals surface area contributed by atoms with Crippen LogP contribution in [0.25, 0.3) is 11.3 Å². The predicted octanol–water partition coefficient (Wildman–Crippen LogP) is 4.77. The van der Waals surface area contributed by atoms with E-state index in [1.165, 1.54) is 0 Å². The Morgan fingerprint density at radius 1 is 1.35 bits per heavy atom. The van der Waals surface area contributed by atoms with E-state index in [4.69, 9.17) is 21.8 Å². The van der Waals surface area contributed by atoms with Gasteiger partial charge in [0.2, 0.25) is 0 Å². The van der Waals surface area contributed by atoms with Gasteiger partial charge in [0.05, 0.1) is 11.1 Å². The van der Waals surface area contributed by atoms with Gasteiger partial charge in [-0.25, -0.2) is 0 Å². The SMILES string of the molecule is CCC(N)c1ccc(-c2ccc(Cl)c(Br)c2)o1. The highest BCUT2D eigenvalue weighted by atomic mass is 79.9. The number of rotatable bonds is 3. The van der Waals surface area contributed by atoms with E-state index >= 15 is 0 Å². The number of furan rings is 1. The number of benzene rings is 1. The van der Waals surface area contributed by atoms with Gasteiger partial charge in [0.25, 0.3) is 0 Å². The highest BCUT2D eigenvalue weighted by Gasteiger charge is 2.10. The summed E-state index contributed by atoms with van der Waals surface area (Å²) >= 11 is 9.34. The van der Waals surface area contributed by atoms with Gasteiger partial charge >= 0.3 is 0 Å². The summed E-state index contributed by atoms with van der Waals surface area (Å²) in [6, 6.07) is 9.50. The minimum Gasteiger partial charge on any atom is -0.459 e. The Balaban J connectivity index is 2.33. The van der Waals surface area contributed by atoms with Gasteiger partial charge < -0.3 is 10.2 Å². The fourth-order valence-electron chi connectivity index (χ4n) is 1.56. The zero-order chi connectivity index (χ0) is 12.4. The lowest BCUT2D eigenvalue weighted by Gasteiger charge is -2.04. The smallest absolute Gasteiger partial charge is 0.134 e. The van der Waals surface area contributed by atoms with E-state index < -0.39 is 0 Å². The third-order valence-corrected chi connectivity index (χ3v) is 3.85. The van der Waals surface area contributed by atoms with Gasteiger partial charge in [0, 0.05) is 10.0 Å². The lowest BCUT2D eigenvalue weighted by molar-refractivity contribution is 0.470. The van der Waals surface area contributed by atoms with E-state index in [0.717, 1.165) is 28.0 Å². The normalized spacial score (nSPS) is 12.7. The summed E-state index contributed by atoms with van der Waals surface area (Å²) in [4.78, 5) is 0. The van der Waals surface area contributed by atoms with Crippen molar-refractivity contribution in [2.75, 3.05) is 0 Å². The molecule has 1 heterocycles. The molecule has 1 aromatic carbocycles. The van der Waals surface area contributed by atoms with Crippen molar-refractivity contribution in [1.82, 2.24) is 0 Å². The summed E-state index contributed by atoms with van der Waals surface area (Å²) in [5.41, 5.74) is 6.90. The fourth-order valence-corrected chi connectivity index (χ4v) is 2.05. The molecule has 1 aromatic heterocycles. The molecule has 1 atom stereocenters. The van der Waals surface area contributed by atoms with Gasteiger partial charge in [-0.15, -0.1) is 0 Å². The Kier molecular flexibility index (Phi) is 3.92. The van der Waals surface area contributed by atoms with E-state index in [-0.39, 0.29) is 6.04 Å². The molecule has 17 heavy (non-hydrogen) atoms. The molecule has 2 aromatic rings. The Labute approximate surface area is 114 Å². The number of nitrogens with two attached hydrogens (primary N) is 1. The standard InChI is InChI=1S/C13H13BrClNO/c1-2-11(16)13-6-5-12(17-13)8-3-4-10(15)9(14)7-8/h3-7,11H,2,16H2,1H3. The quantitative estimate of drug-likeness (QED) is 0.886. The summed E-state index contributed by atoms with van der Waals surface area (Å²) in [5, 5.41) is 0.686. The van der Waals surface area contributed by atoms with E-state index in [2.05, 4.69) is 15.9 Å². The van der Waals surface area contributed by atoms with Crippen molar-refractivity contribution in [2.24, 2.45) is 5.73 Å². The summed E-state index contributed by atoms with van der Waals surface area (Å²) in [5.74, 6) is 1.62. The maximum absolute atomic E-state index is 5.95. The largest absolute Gasteiger partial charge is 0.459 e. The average Bonchev–Trinajstić information content (AvgIpc) is 2.81. The van der Waals surface area contributed by atoms with Gasteiger partial charge in [0.1, 0.15) is 11.5 Å². The van der Waals surface area contributed by atoms with Crippen LogP contribution in [0, 0.1) is 0 Å². The topological polar surface area (TPSA) is 39.2 Å². The molecule has 2 nitrogen and oxygen atoms in total. The summed E-state index contributed by atoms with van der Waals surface area (Å²) in [6.45, 7) is 2.03. The van der Waals surface area contributed by atoms with Crippen LogP contribution in [0.2, 0.25) is 5.02 Å². The van der Waals surface area contributed by atoms with E-state index in [9.17, 15) is 0 Å². The Morgan fingerprint density at radius 2 is 2.12 bits per heavy atom. The molecule has 0 spiro atoms. The predicted molar refractivity (Wildman–Crippen MR) is 74.1 cm³/mol. The molecule has 0 amide bonds. The molecule has 0 aliphatic rings. The lowest BCUT2D eigenvalue weighted by Crippen LogP contribution is -2.06. The number of hydrogen-bond acceptors (Lipinski definition) is 2. The van der Waals surface area contributed by atoms with E-state index in [0.29, 0.717) is 5.02 Å². The Bertz CT molecular complexity index is 524. The van der Waals surface area contributed by atoms with Crippen molar-refractivity contribution in [3.63, 3.8) is 0 Å². The zero-order valence-corrected chi connectivity index (χ0v) is 11.8. The van der Waals surface area contributed by atoms with Gasteiger partial charge in [-0.05, 0) is 52.7 Å². The molecular formula is C13H13BrClNO. The molecule has 0 bridgehead atoms. The van der Waals surface area contributed by atoms with Gasteiger partial charge in [-0.2, -0.15) is 0 Å². The second-order valence-corrected chi connectivity index (χ2v) is 5.11. The first-order chi connectivity index (χ1) is 8.11. The molecule has 90 valence electrons. The molecular weight excluding hydrogens is 302 g/mol. The molecule has 0 fully saturated rings. The fraction of sp³-hybridized carbons (Fsp3) is 0.231. The van der Waals surface area contributed by atoms with Crippen molar-refractivity contribution < 1.29 is 4.42 Å². The molecule has 0 saturated heterocycles. The Morgan fingerprint density at radius 3 is 2.76 bits per heavy atom. The van der Waals surface area contributed by atoms with Gasteiger partial charge in [-0.3, -0.25) is 0 Å². The van der Waals surface area contributed by atoms with Crippen LogP contribution in [0.15, 0.2) is 39.2 Å². The molecule has 0 aliphatic carbocycles. The molecule has 2 rings (SSSR count). The van der Waals surface area contributed by atoms with Crippen molar-refractivity contribution in [3.8, 4) is 11.3 Å². The van der Waals surface area contributed by atoms with Crippen LogP contribution in [0.1, 0.15) is 25.1 Å². The maximum Gasteiger partial charge on any atom is 0.134 e. The van der Waals surface area contributed by atoms with Gasteiger partial charge in [0.15, 0.2) is 0 Å². The highest BCUT2D eigenvalue weighted by molar-refractivity contribution is 9.10. The second-order valence-electron chi connectivity index (χ2n) is 3.85. The lowest BCUT2D eigenvalue weighted by atomic mass is 10.2. The molecule has 4 heteroatoms. The zero-order valence-electron chi connectivity index (χ0n) is 9.41. The van der Waals surface area contributed by atoms with Crippen molar-refractivity contribution >= 4 is 27.5 Å². The first-order valence-electron chi connectivity index (χ1n) is 5.42.